The predicted octanol–water partition coefficient (Wildman–Crippen LogP) is 1.73. The van der Waals surface area contributed by atoms with E-state index in [9.17, 15) is 9.59 Å². The Balaban J connectivity index is 2.21. The van der Waals surface area contributed by atoms with Crippen LogP contribution in [0.5, 0.6) is 0 Å². The first kappa shape index (κ1) is 13.7. The van der Waals surface area contributed by atoms with Crippen LogP contribution < -0.4 is 5.32 Å². The first-order valence-corrected chi connectivity index (χ1v) is 6.07. The molecule has 1 aromatic heterocycles. The molecule has 1 amide bonds. The van der Waals surface area contributed by atoms with Crippen molar-refractivity contribution in [3.63, 3.8) is 0 Å². The lowest BCUT2D eigenvalue weighted by molar-refractivity contribution is -0.143. The minimum absolute atomic E-state index is 0.248. The highest BCUT2D eigenvalue weighted by Crippen LogP contribution is 2.14. The molecule has 102 valence electrons. The smallest absolute Gasteiger partial charge is 0.333 e. The molecule has 0 unspecified atom stereocenters. The highest BCUT2D eigenvalue weighted by molar-refractivity contribution is 5.95. The number of carbonyl (C=O) groups excluding carboxylic acids is 2. The van der Waals surface area contributed by atoms with E-state index < -0.39 is 17.9 Å². The van der Waals surface area contributed by atoms with Crippen LogP contribution in [0.3, 0.4) is 0 Å². The summed E-state index contributed by atoms with van der Waals surface area (Å²) >= 11 is 0. The van der Waals surface area contributed by atoms with Gasteiger partial charge in [-0.25, -0.2) is 4.79 Å². The number of aromatic nitrogens is 1. The maximum atomic E-state index is 12.1. The predicted molar refractivity (Wildman–Crippen MR) is 72.9 cm³/mol. The van der Waals surface area contributed by atoms with E-state index in [4.69, 9.17) is 4.74 Å². The molecule has 1 N–H and O–H groups in total. The van der Waals surface area contributed by atoms with Gasteiger partial charge in [-0.1, -0.05) is 36.4 Å². The van der Waals surface area contributed by atoms with Gasteiger partial charge in [-0.3, -0.25) is 9.78 Å². The van der Waals surface area contributed by atoms with Gasteiger partial charge in [0.25, 0.3) is 5.91 Å². The van der Waals surface area contributed by atoms with Crippen molar-refractivity contribution >= 4 is 11.9 Å². The van der Waals surface area contributed by atoms with Gasteiger partial charge < -0.3 is 10.1 Å². The van der Waals surface area contributed by atoms with Crippen molar-refractivity contribution in [2.45, 2.75) is 6.04 Å². The molecule has 1 aromatic carbocycles. The van der Waals surface area contributed by atoms with Gasteiger partial charge in [-0.2, -0.15) is 0 Å². The first-order valence-electron chi connectivity index (χ1n) is 6.07. The second-order valence-corrected chi connectivity index (χ2v) is 4.06. The second-order valence-electron chi connectivity index (χ2n) is 4.06. The summed E-state index contributed by atoms with van der Waals surface area (Å²) < 4.78 is 4.73. The zero-order valence-corrected chi connectivity index (χ0v) is 10.9. The minimum Gasteiger partial charge on any atom is -0.467 e. The maximum Gasteiger partial charge on any atom is 0.333 e. The lowest BCUT2D eigenvalue weighted by Gasteiger charge is -2.16. The number of hydrogen-bond acceptors (Lipinski definition) is 4. The van der Waals surface area contributed by atoms with Crippen molar-refractivity contribution in [3.05, 3.63) is 66.0 Å². The van der Waals surface area contributed by atoms with E-state index in [1.165, 1.54) is 13.3 Å². The van der Waals surface area contributed by atoms with Gasteiger partial charge >= 0.3 is 5.97 Å². The Hall–Kier alpha value is -2.69. The van der Waals surface area contributed by atoms with Crippen LogP contribution >= 0.6 is 0 Å². The fourth-order valence-electron chi connectivity index (χ4n) is 1.74. The summed E-state index contributed by atoms with van der Waals surface area (Å²) in [5.74, 6) is -0.953. The van der Waals surface area contributed by atoms with Crippen molar-refractivity contribution in [1.29, 1.82) is 0 Å². The van der Waals surface area contributed by atoms with Gasteiger partial charge in [0.1, 0.15) is 5.69 Å². The molecule has 5 heteroatoms. The fourth-order valence-corrected chi connectivity index (χ4v) is 1.74. The Morgan fingerprint density at radius 2 is 1.80 bits per heavy atom. The number of amides is 1. The van der Waals surface area contributed by atoms with Gasteiger partial charge in [-0.05, 0) is 17.7 Å². The lowest BCUT2D eigenvalue weighted by atomic mass is 10.1. The first-order chi connectivity index (χ1) is 9.72. The van der Waals surface area contributed by atoms with Crippen LogP contribution in [0.25, 0.3) is 0 Å². The number of nitrogens with zero attached hydrogens (tertiary/aromatic N) is 1. The zero-order chi connectivity index (χ0) is 14.4. The largest absolute Gasteiger partial charge is 0.467 e. The Morgan fingerprint density at radius 1 is 1.10 bits per heavy atom. The Labute approximate surface area is 116 Å². The van der Waals surface area contributed by atoms with Crippen LogP contribution in [0.15, 0.2) is 54.7 Å². The number of methoxy groups -OCH3 is 1. The van der Waals surface area contributed by atoms with E-state index in [2.05, 4.69) is 10.3 Å². The Bertz CT molecular complexity index is 585. The molecular formula is C15H14N2O3. The number of carbonyl (C=O) groups is 2. The van der Waals surface area contributed by atoms with Gasteiger partial charge in [0.05, 0.1) is 7.11 Å². The normalized spacial score (nSPS) is 11.4. The van der Waals surface area contributed by atoms with Crippen molar-refractivity contribution in [1.82, 2.24) is 10.3 Å². The van der Waals surface area contributed by atoms with E-state index in [1.54, 1.807) is 42.5 Å². The van der Waals surface area contributed by atoms with Crippen LogP contribution in [0, 0.1) is 0 Å². The molecule has 0 radical (unpaired) electrons. The van der Waals surface area contributed by atoms with Crippen LogP contribution in [0.1, 0.15) is 22.1 Å². The third-order valence-electron chi connectivity index (χ3n) is 2.74. The molecule has 2 rings (SSSR count). The number of pyridine rings is 1. The zero-order valence-electron chi connectivity index (χ0n) is 10.9. The summed E-state index contributed by atoms with van der Waals surface area (Å²) in [6.45, 7) is 0. The maximum absolute atomic E-state index is 12.1. The number of esters is 1. The topological polar surface area (TPSA) is 68.3 Å². The molecule has 0 saturated heterocycles. The number of ether oxygens (including phenoxy) is 1. The van der Waals surface area contributed by atoms with Crippen molar-refractivity contribution in [3.8, 4) is 0 Å². The number of nitrogens with one attached hydrogen (secondary N) is 1. The van der Waals surface area contributed by atoms with Crippen LogP contribution in [-0.4, -0.2) is 24.0 Å². The molecular weight excluding hydrogens is 256 g/mol. The molecule has 20 heavy (non-hydrogen) atoms. The van der Waals surface area contributed by atoms with Gasteiger partial charge in [-0.15, -0.1) is 0 Å². The highest BCUT2D eigenvalue weighted by atomic mass is 16.5. The molecule has 5 nitrogen and oxygen atoms in total. The van der Waals surface area contributed by atoms with Gasteiger partial charge in [0.2, 0.25) is 0 Å². The summed E-state index contributed by atoms with van der Waals surface area (Å²) in [5.41, 5.74) is 0.904. The monoisotopic (exact) mass is 270 g/mol. The average Bonchev–Trinajstić information content (AvgIpc) is 2.53. The standard InChI is InChI=1S/C15H14N2O3/c1-20-15(19)13(11-7-3-2-4-8-11)17-14(18)12-9-5-6-10-16-12/h2-10,13H,1H3,(H,17,18)/t13-/m1/s1. The van der Waals surface area contributed by atoms with Gasteiger partial charge in [0.15, 0.2) is 6.04 Å². The molecule has 0 aliphatic heterocycles. The van der Waals surface area contributed by atoms with Crippen molar-refractivity contribution < 1.29 is 14.3 Å². The van der Waals surface area contributed by atoms with E-state index >= 15 is 0 Å². The third-order valence-corrected chi connectivity index (χ3v) is 2.74. The Kier molecular flexibility index (Phi) is 4.44. The van der Waals surface area contributed by atoms with Crippen LogP contribution in [0.2, 0.25) is 0 Å². The number of benzene rings is 1. The average molecular weight is 270 g/mol. The van der Waals surface area contributed by atoms with E-state index in [-0.39, 0.29) is 5.69 Å². The summed E-state index contributed by atoms with van der Waals surface area (Å²) in [5, 5.41) is 2.62. The summed E-state index contributed by atoms with van der Waals surface area (Å²) in [4.78, 5) is 27.8. The summed E-state index contributed by atoms with van der Waals surface area (Å²) in [6, 6.07) is 13.1. The lowest BCUT2D eigenvalue weighted by Crippen LogP contribution is -2.34. The Morgan fingerprint density at radius 3 is 2.40 bits per heavy atom. The molecule has 1 heterocycles. The van der Waals surface area contributed by atoms with Crippen molar-refractivity contribution in [2.75, 3.05) is 7.11 Å². The van der Waals surface area contributed by atoms with Crippen LogP contribution in [-0.2, 0) is 9.53 Å². The van der Waals surface area contributed by atoms with Gasteiger partial charge in [0, 0.05) is 6.20 Å². The molecule has 0 aliphatic carbocycles. The van der Waals surface area contributed by atoms with Crippen molar-refractivity contribution in [2.24, 2.45) is 0 Å². The molecule has 0 saturated carbocycles. The quantitative estimate of drug-likeness (QED) is 0.859. The molecule has 0 aliphatic rings. The highest BCUT2D eigenvalue weighted by Gasteiger charge is 2.24. The number of rotatable bonds is 4. The molecule has 0 fully saturated rings. The molecule has 2 aromatic rings. The number of hydrogen-bond donors (Lipinski definition) is 1. The van der Waals surface area contributed by atoms with E-state index in [1.807, 2.05) is 6.07 Å². The third kappa shape index (κ3) is 3.20. The van der Waals surface area contributed by atoms with Crippen LogP contribution in [0.4, 0.5) is 0 Å². The summed E-state index contributed by atoms with van der Waals surface area (Å²) in [6.07, 6.45) is 1.52. The second kappa shape index (κ2) is 6.47. The SMILES string of the molecule is COC(=O)[C@H](NC(=O)c1ccccn1)c1ccccc1. The molecule has 0 bridgehead atoms. The molecule has 0 spiro atoms. The van der Waals surface area contributed by atoms with E-state index in [0.717, 1.165) is 0 Å². The fraction of sp³-hybridized carbons (Fsp3) is 0.133. The summed E-state index contributed by atoms with van der Waals surface area (Å²) in [7, 11) is 1.28. The molecule has 1 atom stereocenters. The minimum atomic E-state index is -0.851. The van der Waals surface area contributed by atoms with E-state index in [0.29, 0.717) is 5.56 Å².